The molecule has 0 aliphatic carbocycles. The largest absolute Gasteiger partial charge is 0.376 e. The zero-order valence-electron chi connectivity index (χ0n) is 14.2. The Kier molecular flexibility index (Phi) is 6.39. The van der Waals surface area contributed by atoms with Crippen LogP contribution in [0.3, 0.4) is 0 Å². The molecule has 3 rings (SSSR count). The van der Waals surface area contributed by atoms with E-state index in [1.54, 1.807) is 0 Å². The lowest BCUT2D eigenvalue weighted by Gasteiger charge is -2.35. The molecular formula is C21H26N2S. The Morgan fingerprint density at radius 3 is 2.21 bits per heavy atom. The van der Waals surface area contributed by atoms with Crippen LogP contribution in [-0.4, -0.2) is 23.0 Å². The topological polar surface area (TPSA) is 15.3 Å². The van der Waals surface area contributed by atoms with Crippen LogP contribution in [0.15, 0.2) is 60.7 Å². The van der Waals surface area contributed by atoms with Crippen LogP contribution in [0, 0.1) is 0 Å². The van der Waals surface area contributed by atoms with E-state index in [2.05, 4.69) is 64.8 Å². The third-order valence-corrected chi connectivity index (χ3v) is 5.04. The van der Waals surface area contributed by atoms with Gasteiger partial charge in [0.15, 0.2) is 0 Å². The van der Waals surface area contributed by atoms with E-state index in [0.717, 1.165) is 18.0 Å². The van der Waals surface area contributed by atoms with Crippen molar-refractivity contribution in [3.8, 4) is 0 Å². The van der Waals surface area contributed by atoms with Gasteiger partial charge < -0.3 is 5.32 Å². The molecule has 0 bridgehead atoms. The molecule has 1 unspecified atom stereocenters. The quantitative estimate of drug-likeness (QED) is 0.767. The van der Waals surface area contributed by atoms with E-state index in [-0.39, 0.29) is 0 Å². The molecule has 1 aliphatic heterocycles. The Morgan fingerprint density at radius 1 is 0.917 bits per heavy atom. The number of rotatable bonds is 6. The van der Waals surface area contributed by atoms with Gasteiger partial charge in [0, 0.05) is 19.0 Å². The van der Waals surface area contributed by atoms with E-state index in [4.69, 9.17) is 12.2 Å². The molecule has 2 aromatic rings. The lowest BCUT2D eigenvalue weighted by Crippen LogP contribution is -2.36. The van der Waals surface area contributed by atoms with Crippen LogP contribution >= 0.6 is 12.2 Å². The summed E-state index contributed by atoms with van der Waals surface area (Å²) in [5.41, 5.74) is 2.65. The van der Waals surface area contributed by atoms with Crippen molar-refractivity contribution in [2.24, 2.45) is 0 Å². The summed E-state index contributed by atoms with van der Waals surface area (Å²) in [6.07, 6.45) is 4.85. The molecule has 0 aromatic heterocycles. The van der Waals surface area contributed by atoms with Crippen LogP contribution in [0.2, 0.25) is 0 Å². The number of likely N-dealkylation sites (tertiary alicyclic amines) is 1. The maximum atomic E-state index is 5.66. The predicted molar refractivity (Wildman–Crippen MR) is 105 cm³/mol. The molecule has 126 valence electrons. The van der Waals surface area contributed by atoms with Crippen LogP contribution < -0.4 is 5.32 Å². The number of nitrogens with one attached hydrogen (secondary N) is 1. The van der Waals surface area contributed by atoms with E-state index in [1.165, 1.54) is 43.5 Å². The number of benzene rings is 2. The Labute approximate surface area is 150 Å². The molecule has 1 heterocycles. The van der Waals surface area contributed by atoms with Gasteiger partial charge in [-0.3, -0.25) is 4.90 Å². The SMILES string of the molecule is S=C(CC(c1ccccc1)N1CCCCC1)NCc1ccccc1. The molecule has 2 nitrogen and oxygen atoms in total. The second-order valence-corrected chi connectivity index (χ2v) is 6.98. The molecule has 1 fully saturated rings. The minimum atomic E-state index is 0.391. The summed E-state index contributed by atoms with van der Waals surface area (Å²) in [6.45, 7) is 3.17. The van der Waals surface area contributed by atoms with Gasteiger partial charge in [0.2, 0.25) is 0 Å². The van der Waals surface area contributed by atoms with Crippen LogP contribution in [-0.2, 0) is 6.54 Å². The van der Waals surface area contributed by atoms with Gasteiger partial charge in [-0.25, -0.2) is 0 Å². The van der Waals surface area contributed by atoms with Gasteiger partial charge in [0.05, 0.1) is 4.99 Å². The average Bonchev–Trinajstić information content (AvgIpc) is 2.67. The van der Waals surface area contributed by atoms with E-state index in [9.17, 15) is 0 Å². The third-order valence-electron chi connectivity index (χ3n) is 4.73. The lowest BCUT2D eigenvalue weighted by atomic mass is 9.99. The molecule has 1 aliphatic rings. The van der Waals surface area contributed by atoms with Gasteiger partial charge >= 0.3 is 0 Å². The van der Waals surface area contributed by atoms with Crippen LogP contribution in [0.1, 0.15) is 42.9 Å². The van der Waals surface area contributed by atoms with Crippen molar-refractivity contribution in [3.63, 3.8) is 0 Å². The van der Waals surface area contributed by atoms with E-state index in [1.807, 2.05) is 6.07 Å². The zero-order valence-corrected chi connectivity index (χ0v) is 15.0. The summed E-state index contributed by atoms with van der Waals surface area (Å²) in [6, 6.07) is 21.7. The number of hydrogen-bond donors (Lipinski definition) is 1. The van der Waals surface area contributed by atoms with Crippen LogP contribution in [0.5, 0.6) is 0 Å². The molecule has 0 saturated carbocycles. The Balaban J connectivity index is 1.63. The second-order valence-electron chi connectivity index (χ2n) is 6.49. The number of piperidine rings is 1. The summed E-state index contributed by atoms with van der Waals surface area (Å²) < 4.78 is 0. The molecule has 24 heavy (non-hydrogen) atoms. The van der Waals surface area contributed by atoms with Gasteiger partial charge in [-0.1, -0.05) is 79.3 Å². The number of hydrogen-bond acceptors (Lipinski definition) is 2. The standard InChI is InChI=1S/C21H26N2S/c24-21(22-17-18-10-4-1-5-11-18)16-20(19-12-6-2-7-13-19)23-14-8-3-9-15-23/h1-2,4-7,10-13,20H,3,8-9,14-17H2,(H,22,24). The first kappa shape index (κ1) is 17.1. The highest BCUT2D eigenvalue weighted by Crippen LogP contribution is 2.27. The predicted octanol–water partition coefficient (Wildman–Crippen LogP) is 4.72. The summed E-state index contributed by atoms with van der Waals surface area (Å²) in [5, 5.41) is 3.44. The van der Waals surface area contributed by atoms with Crippen LogP contribution in [0.25, 0.3) is 0 Å². The Hall–Kier alpha value is -1.71. The molecule has 0 radical (unpaired) electrons. The Bertz CT molecular complexity index is 621. The van der Waals surface area contributed by atoms with E-state index >= 15 is 0 Å². The summed E-state index contributed by atoms with van der Waals surface area (Å²) in [7, 11) is 0. The summed E-state index contributed by atoms with van der Waals surface area (Å²) in [4.78, 5) is 3.56. The van der Waals surface area contributed by atoms with Crippen LogP contribution in [0.4, 0.5) is 0 Å². The van der Waals surface area contributed by atoms with E-state index < -0.39 is 0 Å². The van der Waals surface area contributed by atoms with Crippen molar-refractivity contribution in [3.05, 3.63) is 71.8 Å². The first-order chi connectivity index (χ1) is 11.8. The molecule has 0 amide bonds. The highest BCUT2D eigenvalue weighted by molar-refractivity contribution is 7.80. The fourth-order valence-electron chi connectivity index (χ4n) is 3.41. The fraction of sp³-hybridized carbons (Fsp3) is 0.381. The van der Waals surface area contributed by atoms with Gasteiger partial charge in [-0.05, 0) is 37.1 Å². The molecule has 0 spiro atoms. The molecular weight excluding hydrogens is 312 g/mol. The maximum absolute atomic E-state index is 5.66. The maximum Gasteiger partial charge on any atom is 0.0775 e. The number of thiocarbonyl (C=S) groups is 1. The van der Waals surface area contributed by atoms with Gasteiger partial charge in [-0.2, -0.15) is 0 Å². The molecule has 1 atom stereocenters. The zero-order chi connectivity index (χ0) is 16.6. The third kappa shape index (κ3) is 4.89. The monoisotopic (exact) mass is 338 g/mol. The van der Waals surface area contributed by atoms with Gasteiger partial charge in [-0.15, -0.1) is 0 Å². The van der Waals surface area contributed by atoms with Gasteiger partial charge in [0.1, 0.15) is 0 Å². The van der Waals surface area contributed by atoms with Crippen molar-refractivity contribution in [2.45, 2.75) is 38.3 Å². The van der Waals surface area contributed by atoms with Crippen molar-refractivity contribution in [1.29, 1.82) is 0 Å². The van der Waals surface area contributed by atoms with Crippen molar-refractivity contribution < 1.29 is 0 Å². The smallest absolute Gasteiger partial charge is 0.0775 e. The molecule has 2 aromatic carbocycles. The highest BCUT2D eigenvalue weighted by Gasteiger charge is 2.23. The fourth-order valence-corrected chi connectivity index (χ4v) is 3.64. The molecule has 3 heteroatoms. The molecule has 1 saturated heterocycles. The average molecular weight is 339 g/mol. The van der Waals surface area contributed by atoms with E-state index in [0.29, 0.717) is 6.04 Å². The lowest BCUT2D eigenvalue weighted by molar-refractivity contribution is 0.167. The normalized spacial score (nSPS) is 16.5. The minimum Gasteiger partial charge on any atom is -0.376 e. The first-order valence-corrected chi connectivity index (χ1v) is 9.33. The second kappa shape index (κ2) is 8.95. The summed E-state index contributed by atoms with van der Waals surface area (Å²) in [5.74, 6) is 0. The molecule has 1 N–H and O–H groups in total. The van der Waals surface area contributed by atoms with Crippen molar-refractivity contribution in [2.75, 3.05) is 13.1 Å². The highest BCUT2D eigenvalue weighted by atomic mass is 32.1. The van der Waals surface area contributed by atoms with Gasteiger partial charge in [0.25, 0.3) is 0 Å². The number of nitrogens with zero attached hydrogens (tertiary/aromatic N) is 1. The first-order valence-electron chi connectivity index (χ1n) is 8.92. The van der Waals surface area contributed by atoms with Crippen molar-refractivity contribution in [1.82, 2.24) is 10.2 Å². The minimum absolute atomic E-state index is 0.391. The summed E-state index contributed by atoms with van der Waals surface area (Å²) >= 11 is 5.66. The van der Waals surface area contributed by atoms with Crippen molar-refractivity contribution >= 4 is 17.2 Å². The Morgan fingerprint density at radius 2 is 1.54 bits per heavy atom.